The number of carbonyl (C=O) groups excluding carboxylic acids is 1. The van der Waals surface area contributed by atoms with E-state index in [1.165, 1.54) is 0 Å². The molecule has 1 amide bonds. The van der Waals surface area contributed by atoms with Crippen molar-refractivity contribution in [3.05, 3.63) is 70.4 Å². The highest BCUT2D eigenvalue weighted by molar-refractivity contribution is 6.31. The molecule has 0 aliphatic carbocycles. The second kappa shape index (κ2) is 8.41. The lowest BCUT2D eigenvalue weighted by molar-refractivity contribution is 0.0666. The number of hydrogen-bond acceptors (Lipinski definition) is 4. The lowest BCUT2D eigenvalue weighted by atomic mass is 10.1. The highest BCUT2D eigenvalue weighted by Gasteiger charge is 2.18. The molecule has 27 heavy (non-hydrogen) atoms. The van der Waals surface area contributed by atoms with Crippen LogP contribution in [0.5, 0.6) is 0 Å². The molecule has 0 atom stereocenters. The molecule has 2 heterocycles. The highest BCUT2D eigenvalue weighted by Crippen LogP contribution is 2.22. The molecule has 0 aliphatic heterocycles. The van der Waals surface area contributed by atoms with Crippen molar-refractivity contribution >= 4 is 17.5 Å². The number of halogens is 1. The number of aromatic nitrogens is 2. The summed E-state index contributed by atoms with van der Waals surface area (Å²) in [6, 6.07) is 11.0. The molecule has 3 aromatic rings. The smallest absolute Gasteiger partial charge is 0.254 e. The van der Waals surface area contributed by atoms with Crippen molar-refractivity contribution < 1.29 is 13.9 Å². The first-order valence-electron chi connectivity index (χ1n) is 8.64. The lowest BCUT2D eigenvalue weighted by Gasteiger charge is -2.21. The molecular weight excluding hydrogens is 366 g/mol. The van der Waals surface area contributed by atoms with E-state index in [1.807, 2.05) is 38.1 Å². The second-order valence-corrected chi connectivity index (χ2v) is 6.62. The van der Waals surface area contributed by atoms with Crippen molar-refractivity contribution in [3.63, 3.8) is 0 Å². The van der Waals surface area contributed by atoms with Crippen LogP contribution in [0.15, 0.2) is 47.1 Å². The Labute approximate surface area is 163 Å². The maximum absolute atomic E-state index is 12.9. The fraction of sp³-hybridized carbons (Fsp3) is 0.300. The zero-order valence-corrected chi connectivity index (χ0v) is 16.4. The van der Waals surface area contributed by atoms with Crippen LogP contribution < -0.4 is 0 Å². The van der Waals surface area contributed by atoms with Crippen molar-refractivity contribution in [1.82, 2.24) is 14.7 Å². The molecule has 0 fully saturated rings. The molecule has 1 aromatic carbocycles. The van der Waals surface area contributed by atoms with Crippen LogP contribution in [0.4, 0.5) is 0 Å². The first-order valence-corrected chi connectivity index (χ1v) is 9.01. The van der Waals surface area contributed by atoms with Crippen LogP contribution in [-0.2, 0) is 11.3 Å². The van der Waals surface area contributed by atoms with Gasteiger partial charge in [-0.1, -0.05) is 11.6 Å². The number of carbonyl (C=O) groups is 1. The Morgan fingerprint density at radius 3 is 2.56 bits per heavy atom. The topological polar surface area (TPSA) is 60.5 Å². The summed E-state index contributed by atoms with van der Waals surface area (Å²) in [6.07, 6.45) is 1.60. The third-order valence-corrected chi connectivity index (χ3v) is 4.89. The van der Waals surface area contributed by atoms with E-state index < -0.39 is 0 Å². The van der Waals surface area contributed by atoms with Crippen LogP contribution in [0, 0.1) is 13.8 Å². The van der Waals surface area contributed by atoms with E-state index in [1.54, 1.807) is 35.1 Å². The highest BCUT2D eigenvalue weighted by atomic mass is 35.5. The lowest BCUT2D eigenvalue weighted by Crippen LogP contribution is -2.33. The summed E-state index contributed by atoms with van der Waals surface area (Å²) in [5.41, 5.74) is 3.09. The van der Waals surface area contributed by atoms with Gasteiger partial charge >= 0.3 is 0 Å². The molecule has 3 rings (SSSR count). The largest absolute Gasteiger partial charge is 0.467 e. The minimum atomic E-state index is -0.0820. The Bertz CT molecular complexity index is 901. The number of aryl methyl sites for hydroxylation is 1. The van der Waals surface area contributed by atoms with Gasteiger partial charge in [0.2, 0.25) is 0 Å². The molecule has 0 unspecified atom stereocenters. The SMILES string of the molecule is COCCN(Cc1ccco1)C(=O)c1ccc(-n2nc(C)c(Cl)c2C)cc1. The molecule has 0 saturated carbocycles. The van der Waals surface area contributed by atoms with Gasteiger partial charge in [0, 0.05) is 19.2 Å². The van der Waals surface area contributed by atoms with Gasteiger partial charge in [-0.3, -0.25) is 4.79 Å². The number of hydrogen-bond donors (Lipinski definition) is 0. The van der Waals surface area contributed by atoms with Gasteiger partial charge in [0.25, 0.3) is 5.91 Å². The van der Waals surface area contributed by atoms with Crippen LogP contribution >= 0.6 is 11.6 Å². The predicted molar refractivity (Wildman–Crippen MR) is 103 cm³/mol. The molecule has 0 spiro atoms. The number of rotatable bonds is 7. The number of nitrogens with zero attached hydrogens (tertiary/aromatic N) is 3. The monoisotopic (exact) mass is 387 g/mol. The summed E-state index contributed by atoms with van der Waals surface area (Å²) in [6.45, 7) is 5.10. The fourth-order valence-electron chi connectivity index (χ4n) is 2.85. The van der Waals surface area contributed by atoms with E-state index in [0.717, 1.165) is 22.8 Å². The normalized spacial score (nSPS) is 11.0. The van der Waals surface area contributed by atoms with Gasteiger partial charge in [0.05, 0.1) is 41.5 Å². The minimum absolute atomic E-state index is 0.0820. The van der Waals surface area contributed by atoms with Gasteiger partial charge in [-0.05, 0) is 50.2 Å². The van der Waals surface area contributed by atoms with E-state index in [2.05, 4.69) is 5.10 Å². The van der Waals surface area contributed by atoms with Crippen LogP contribution in [0.1, 0.15) is 27.5 Å². The zero-order valence-electron chi connectivity index (χ0n) is 15.6. The minimum Gasteiger partial charge on any atom is -0.467 e. The number of amides is 1. The van der Waals surface area contributed by atoms with E-state index in [9.17, 15) is 4.79 Å². The van der Waals surface area contributed by atoms with E-state index >= 15 is 0 Å². The van der Waals surface area contributed by atoms with Crippen LogP contribution in [-0.4, -0.2) is 40.8 Å². The van der Waals surface area contributed by atoms with Gasteiger partial charge in [-0.2, -0.15) is 5.10 Å². The van der Waals surface area contributed by atoms with Crippen molar-refractivity contribution in [2.45, 2.75) is 20.4 Å². The molecule has 7 heteroatoms. The number of benzene rings is 1. The van der Waals surface area contributed by atoms with Gasteiger partial charge in [0.15, 0.2) is 0 Å². The fourth-order valence-corrected chi connectivity index (χ4v) is 2.97. The molecule has 0 N–H and O–H groups in total. The molecule has 0 aliphatic rings. The molecule has 0 radical (unpaired) electrons. The summed E-state index contributed by atoms with van der Waals surface area (Å²) in [7, 11) is 1.61. The average Bonchev–Trinajstić information content (AvgIpc) is 3.28. The Hall–Kier alpha value is -2.57. The molecule has 142 valence electrons. The van der Waals surface area contributed by atoms with Gasteiger partial charge in [-0.25, -0.2) is 4.68 Å². The molecule has 6 nitrogen and oxygen atoms in total. The Kier molecular flexibility index (Phi) is 5.98. The molecule has 2 aromatic heterocycles. The van der Waals surface area contributed by atoms with Gasteiger partial charge < -0.3 is 14.1 Å². The Balaban J connectivity index is 1.81. The maximum Gasteiger partial charge on any atom is 0.254 e. The summed E-state index contributed by atoms with van der Waals surface area (Å²) < 4.78 is 12.3. The van der Waals surface area contributed by atoms with Crippen molar-refractivity contribution in [3.8, 4) is 5.69 Å². The van der Waals surface area contributed by atoms with E-state index in [0.29, 0.717) is 30.3 Å². The Morgan fingerprint density at radius 1 is 1.26 bits per heavy atom. The summed E-state index contributed by atoms with van der Waals surface area (Å²) in [5, 5.41) is 5.09. The van der Waals surface area contributed by atoms with Crippen LogP contribution in [0.25, 0.3) is 5.69 Å². The summed E-state index contributed by atoms with van der Waals surface area (Å²) in [4.78, 5) is 14.6. The molecule has 0 bridgehead atoms. The third kappa shape index (κ3) is 4.23. The van der Waals surface area contributed by atoms with Crippen molar-refractivity contribution in [2.75, 3.05) is 20.3 Å². The zero-order chi connectivity index (χ0) is 19.4. The first kappa shape index (κ1) is 19.2. The van der Waals surface area contributed by atoms with Gasteiger partial charge in [-0.15, -0.1) is 0 Å². The molecular formula is C20H22ClN3O3. The second-order valence-electron chi connectivity index (χ2n) is 6.24. The van der Waals surface area contributed by atoms with Crippen molar-refractivity contribution in [2.24, 2.45) is 0 Å². The molecule has 0 saturated heterocycles. The quantitative estimate of drug-likeness (QED) is 0.614. The summed E-state index contributed by atoms with van der Waals surface area (Å²) >= 11 is 6.22. The Morgan fingerprint density at radius 2 is 2.00 bits per heavy atom. The standard InChI is InChI=1S/C20H22ClN3O3/c1-14-19(21)15(2)24(22-14)17-8-6-16(7-9-17)20(25)23(10-12-26-3)13-18-5-4-11-27-18/h4-9,11H,10,12-13H2,1-3H3. The first-order chi connectivity index (χ1) is 13.0. The third-order valence-electron chi connectivity index (χ3n) is 4.34. The number of furan rings is 1. The van der Waals surface area contributed by atoms with Crippen LogP contribution in [0.3, 0.4) is 0 Å². The van der Waals surface area contributed by atoms with Gasteiger partial charge in [0.1, 0.15) is 5.76 Å². The average molecular weight is 388 g/mol. The van der Waals surface area contributed by atoms with Crippen molar-refractivity contribution in [1.29, 1.82) is 0 Å². The van der Waals surface area contributed by atoms with Crippen LogP contribution in [0.2, 0.25) is 5.02 Å². The maximum atomic E-state index is 12.9. The summed E-state index contributed by atoms with van der Waals surface area (Å²) in [5.74, 6) is 0.648. The van der Waals surface area contributed by atoms with E-state index in [-0.39, 0.29) is 5.91 Å². The number of ether oxygens (including phenoxy) is 1. The number of methoxy groups -OCH3 is 1. The van der Waals surface area contributed by atoms with E-state index in [4.69, 9.17) is 20.8 Å². The predicted octanol–water partition coefficient (Wildman–Crippen LogP) is 4.02.